The van der Waals surface area contributed by atoms with Crippen LogP contribution in [-0.2, 0) is 9.59 Å². The van der Waals surface area contributed by atoms with Crippen LogP contribution in [0.1, 0.15) is 70.6 Å². The largest absolute Gasteiger partial charge is 0.343 e. The Kier molecular flexibility index (Phi) is 4.74. The molecule has 0 aromatic rings. The van der Waals surface area contributed by atoms with E-state index >= 15 is 0 Å². The topological polar surface area (TPSA) is 40.6 Å². The summed E-state index contributed by atoms with van der Waals surface area (Å²) in [7, 11) is 1.94. The standard InChI is InChI=1S/C18H30N2O2/c1-19-16(21)9-10-18(19)11-13-20(14-12-18)17(22)8-7-15-5-3-2-4-6-15/h15H,2-14H2,1H3. The van der Waals surface area contributed by atoms with E-state index < -0.39 is 0 Å². The van der Waals surface area contributed by atoms with Crippen LogP contribution in [0.25, 0.3) is 0 Å². The zero-order valence-electron chi connectivity index (χ0n) is 14.0. The molecule has 4 nitrogen and oxygen atoms in total. The van der Waals surface area contributed by atoms with E-state index in [4.69, 9.17) is 0 Å². The predicted molar refractivity (Wildman–Crippen MR) is 86.4 cm³/mol. The number of piperidine rings is 1. The van der Waals surface area contributed by atoms with Crippen LogP contribution in [0.3, 0.4) is 0 Å². The van der Waals surface area contributed by atoms with Gasteiger partial charge < -0.3 is 9.80 Å². The number of rotatable bonds is 3. The van der Waals surface area contributed by atoms with E-state index in [1.54, 1.807) is 0 Å². The van der Waals surface area contributed by atoms with Gasteiger partial charge in [-0.05, 0) is 31.6 Å². The molecule has 4 heteroatoms. The molecule has 1 saturated carbocycles. The molecule has 2 amide bonds. The maximum Gasteiger partial charge on any atom is 0.222 e. The molecule has 22 heavy (non-hydrogen) atoms. The van der Waals surface area contributed by atoms with Gasteiger partial charge in [0.05, 0.1) is 0 Å². The average Bonchev–Trinajstić information content (AvgIpc) is 2.83. The second-order valence-electron chi connectivity index (χ2n) is 7.60. The summed E-state index contributed by atoms with van der Waals surface area (Å²) < 4.78 is 0. The number of carbonyl (C=O) groups excluding carboxylic acids is 2. The first-order valence-electron chi connectivity index (χ1n) is 9.15. The van der Waals surface area contributed by atoms with E-state index in [0.717, 1.165) is 51.1 Å². The van der Waals surface area contributed by atoms with Crippen LogP contribution >= 0.6 is 0 Å². The number of carbonyl (C=O) groups is 2. The summed E-state index contributed by atoms with van der Waals surface area (Å²) in [5.41, 5.74) is 0.0528. The molecule has 0 radical (unpaired) electrons. The lowest BCUT2D eigenvalue weighted by Gasteiger charge is -2.43. The van der Waals surface area contributed by atoms with Gasteiger partial charge in [0.15, 0.2) is 0 Å². The second kappa shape index (κ2) is 6.59. The summed E-state index contributed by atoms with van der Waals surface area (Å²) in [6.07, 6.45) is 12.1. The fourth-order valence-electron chi connectivity index (χ4n) is 4.66. The molecule has 1 spiro atoms. The van der Waals surface area contributed by atoms with E-state index in [1.165, 1.54) is 32.1 Å². The quantitative estimate of drug-likeness (QED) is 0.804. The molecular formula is C18H30N2O2. The predicted octanol–water partition coefficient (Wildman–Crippen LogP) is 2.96. The maximum atomic E-state index is 12.4. The SMILES string of the molecule is CN1C(=O)CCC12CCN(C(=O)CCC1CCCCC1)CC2. The van der Waals surface area contributed by atoms with Crippen molar-refractivity contribution in [2.24, 2.45) is 5.92 Å². The highest BCUT2D eigenvalue weighted by molar-refractivity contribution is 5.80. The fraction of sp³-hybridized carbons (Fsp3) is 0.889. The van der Waals surface area contributed by atoms with E-state index in [1.807, 2.05) is 16.8 Å². The normalized spacial score (nSPS) is 26.0. The summed E-state index contributed by atoms with van der Waals surface area (Å²) in [6, 6.07) is 0. The van der Waals surface area contributed by atoms with E-state index in [0.29, 0.717) is 12.3 Å². The third-order valence-electron chi connectivity index (χ3n) is 6.43. The average molecular weight is 306 g/mol. The molecule has 0 N–H and O–H groups in total. The van der Waals surface area contributed by atoms with Crippen molar-refractivity contribution in [2.45, 2.75) is 76.2 Å². The molecule has 3 fully saturated rings. The number of nitrogens with zero attached hydrogens (tertiary/aromatic N) is 2. The van der Waals surface area contributed by atoms with Crippen LogP contribution in [0.4, 0.5) is 0 Å². The molecule has 2 heterocycles. The highest BCUT2D eigenvalue weighted by atomic mass is 16.2. The molecule has 124 valence electrons. The summed E-state index contributed by atoms with van der Waals surface area (Å²) in [6.45, 7) is 1.67. The Labute approximate surface area is 134 Å². The first kappa shape index (κ1) is 15.8. The summed E-state index contributed by atoms with van der Waals surface area (Å²) in [5.74, 6) is 1.40. The second-order valence-corrected chi connectivity index (χ2v) is 7.60. The van der Waals surface area contributed by atoms with Crippen molar-refractivity contribution in [1.29, 1.82) is 0 Å². The maximum absolute atomic E-state index is 12.4. The zero-order chi connectivity index (χ0) is 15.6. The van der Waals surface area contributed by atoms with Gasteiger partial charge in [0.25, 0.3) is 0 Å². The monoisotopic (exact) mass is 306 g/mol. The third kappa shape index (κ3) is 3.16. The first-order valence-corrected chi connectivity index (χ1v) is 9.15. The number of amides is 2. The molecule has 3 rings (SSSR count). The zero-order valence-corrected chi connectivity index (χ0v) is 14.0. The minimum absolute atomic E-state index is 0.0528. The van der Waals surface area contributed by atoms with Crippen LogP contribution in [-0.4, -0.2) is 47.3 Å². The lowest BCUT2D eigenvalue weighted by atomic mass is 9.84. The van der Waals surface area contributed by atoms with Crippen LogP contribution in [0.5, 0.6) is 0 Å². The van der Waals surface area contributed by atoms with Gasteiger partial charge in [-0.2, -0.15) is 0 Å². The smallest absolute Gasteiger partial charge is 0.222 e. The molecule has 0 aromatic heterocycles. The van der Waals surface area contributed by atoms with E-state index in [-0.39, 0.29) is 11.4 Å². The molecule has 2 saturated heterocycles. The van der Waals surface area contributed by atoms with Crippen molar-refractivity contribution < 1.29 is 9.59 Å². The molecule has 0 bridgehead atoms. The van der Waals surface area contributed by atoms with Crippen LogP contribution in [0.15, 0.2) is 0 Å². The Morgan fingerprint density at radius 1 is 1.14 bits per heavy atom. The molecule has 1 aliphatic carbocycles. The highest BCUT2D eigenvalue weighted by Gasteiger charge is 2.45. The number of hydrogen-bond acceptors (Lipinski definition) is 2. The van der Waals surface area contributed by atoms with Crippen LogP contribution in [0.2, 0.25) is 0 Å². The molecule has 0 unspecified atom stereocenters. The fourth-order valence-corrected chi connectivity index (χ4v) is 4.66. The highest BCUT2D eigenvalue weighted by Crippen LogP contribution is 2.38. The number of hydrogen-bond donors (Lipinski definition) is 0. The van der Waals surface area contributed by atoms with Crippen molar-refractivity contribution in [1.82, 2.24) is 9.80 Å². The van der Waals surface area contributed by atoms with E-state index in [9.17, 15) is 9.59 Å². The summed E-state index contributed by atoms with van der Waals surface area (Å²) in [5, 5.41) is 0. The lowest BCUT2D eigenvalue weighted by molar-refractivity contribution is -0.135. The Balaban J connectivity index is 1.44. The molecular weight excluding hydrogens is 276 g/mol. The Morgan fingerprint density at radius 3 is 2.41 bits per heavy atom. The van der Waals surface area contributed by atoms with E-state index in [2.05, 4.69) is 0 Å². The van der Waals surface area contributed by atoms with Crippen molar-refractivity contribution in [3.8, 4) is 0 Å². The summed E-state index contributed by atoms with van der Waals surface area (Å²) in [4.78, 5) is 28.2. The minimum Gasteiger partial charge on any atom is -0.343 e. The summed E-state index contributed by atoms with van der Waals surface area (Å²) >= 11 is 0. The van der Waals surface area contributed by atoms with Crippen molar-refractivity contribution in [3.63, 3.8) is 0 Å². The molecule has 3 aliphatic rings. The van der Waals surface area contributed by atoms with Crippen molar-refractivity contribution in [2.75, 3.05) is 20.1 Å². The Hall–Kier alpha value is -1.06. The van der Waals surface area contributed by atoms with Crippen molar-refractivity contribution in [3.05, 3.63) is 0 Å². The van der Waals surface area contributed by atoms with Gasteiger partial charge in [-0.3, -0.25) is 9.59 Å². The molecule has 0 atom stereocenters. The van der Waals surface area contributed by atoms with Gasteiger partial charge in [0.1, 0.15) is 0 Å². The third-order valence-corrected chi connectivity index (χ3v) is 6.43. The molecule has 0 aromatic carbocycles. The first-order chi connectivity index (χ1) is 10.6. The lowest BCUT2D eigenvalue weighted by Crippen LogP contribution is -2.52. The van der Waals surface area contributed by atoms with Gasteiger partial charge in [0.2, 0.25) is 11.8 Å². The van der Waals surface area contributed by atoms with Crippen molar-refractivity contribution >= 4 is 11.8 Å². The van der Waals surface area contributed by atoms with Gasteiger partial charge in [-0.15, -0.1) is 0 Å². The van der Waals surface area contributed by atoms with Gasteiger partial charge in [-0.25, -0.2) is 0 Å². The Morgan fingerprint density at radius 2 is 1.82 bits per heavy atom. The van der Waals surface area contributed by atoms with Crippen LogP contribution in [0, 0.1) is 5.92 Å². The van der Waals surface area contributed by atoms with Crippen LogP contribution < -0.4 is 0 Å². The molecule has 2 aliphatic heterocycles. The van der Waals surface area contributed by atoms with Gasteiger partial charge >= 0.3 is 0 Å². The van der Waals surface area contributed by atoms with Gasteiger partial charge in [-0.1, -0.05) is 32.1 Å². The number of likely N-dealkylation sites (tertiary alicyclic amines) is 2. The Bertz CT molecular complexity index is 421. The van der Waals surface area contributed by atoms with Gasteiger partial charge in [0, 0.05) is 38.5 Å². The minimum atomic E-state index is 0.0528.